The fourth-order valence-electron chi connectivity index (χ4n) is 4.19. The van der Waals surface area contributed by atoms with Crippen LogP contribution in [0.5, 0.6) is 0 Å². The monoisotopic (exact) mass is 452 g/mol. The molecule has 0 atom stereocenters. The third kappa shape index (κ3) is 3.83. The van der Waals surface area contributed by atoms with E-state index in [1.165, 1.54) is 28.6 Å². The van der Waals surface area contributed by atoms with Gasteiger partial charge in [-0.1, -0.05) is 37.7 Å². The number of hydrogen-bond acceptors (Lipinski definition) is 6. The Morgan fingerprint density at radius 3 is 2.81 bits per heavy atom. The van der Waals surface area contributed by atoms with Gasteiger partial charge in [-0.2, -0.15) is 0 Å². The Morgan fingerprint density at radius 2 is 1.97 bits per heavy atom. The third-order valence-electron chi connectivity index (χ3n) is 5.59. The summed E-state index contributed by atoms with van der Waals surface area (Å²) in [5.41, 5.74) is 1.81. The number of nitrogens with one attached hydrogen (secondary N) is 1. The number of thioether (sulfide) groups is 1. The molecule has 0 aliphatic heterocycles. The fraction of sp³-hybridized carbons (Fsp3) is 0.391. The number of aromatic amines is 1. The Labute approximate surface area is 187 Å². The Morgan fingerprint density at radius 1 is 1.16 bits per heavy atom. The summed E-state index contributed by atoms with van der Waals surface area (Å²) in [6, 6.07) is 7.44. The molecule has 3 heterocycles. The van der Waals surface area contributed by atoms with Gasteiger partial charge in [-0.15, -0.1) is 11.3 Å². The number of thiophene rings is 1. The maximum Gasteiger partial charge on any atom is 0.262 e. The second-order valence-electron chi connectivity index (χ2n) is 8.41. The van der Waals surface area contributed by atoms with Crippen LogP contribution in [0.25, 0.3) is 21.1 Å². The molecule has 0 spiro atoms. The first-order valence-corrected chi connectivity index (χ1v) is 12.5. The van der Waals surface area contributed by atoms with Crippen molar-refractivity contribution < 1.29 is 0 Å². The van der Waals surface area contributed by atoms with E-state index in [9.17, 15) is 9.59 Å². The van der Waals surface area contributed by atoms with E-state index in [2.05, 4.69) is 18.8 Å². The van der Waals surface area contributed by atoms with E-state index < -0.39 is 0 Å². The van der Waals surface area contributed by atoms with Crippen LogP contribution >= 0.6 is 23.1 Å². The molecular formula is C23H24N4O2S2. The van der Waals surface area contributed by atoms with Gasteiger partial charge >= 0.3 is 0 Å². The van der Waals surface area contributed by atoms with Crippen molar-refractivity contribution in [2.75, 3.05) is 0 Å². The van der Waals surface area contributed by atoms with Gasteiger partial charge in [-0.25, -0.2) is 9.97 Å². The highest BCUT2D eigenvalue weighted by Crippen LogP contribution is 2.33. The third-order valence-corrected chi connectivity index (χ3v) is 7.76. The first kappa shape index (κ1) is 20.5. The smallest absolute Gasteiger partial charge is 0.262 e. The minimum atomic E-state index is -0.0500. The standard InChI is InChI=1S/C23H24N4O2S2/c1-13(2)11-27-22(29)14-7-3-5-9-16(14)24-23(27)30-12-18-25-20(28)19-15-8-4-6-10-17(15)31-21(19)26-18/h3,5,7,9,13H,4,6,8,10-12H2,1-2H3,(H,25,26,28). The van der Waals surface area contributed by atoms with E-state index in [0.29, 0.717) is 40.1 Å². The van der Waals surface area contributed by atoms with Crippen LogP contribution in [0.3, 0.4) is 0 Å². The van der Waals surface area contributed by atoms with Crippen molar-refractivity contribution in [1.82, 2.24) is 19.5 Å². The van der Waals surface area contributed by atoms with Gasteiger partial charge in [-0.3, -0.25) is 14.2 Å². The van der Waals surface area contributed by atoms with Crippen molar-refractivity contribution >= 4 is 44.2 Å². The molecule has 31 heavy (non-hydrogen) atoms. The lowest BCUT2D eigenvalue weighted by atomic mass is 9.97. The average molecular weight is 453 g/mol. The summed E-state index contributed by atoms with van der Waals surface area (Å²) in [7, 11) is 0. The maximum atomic E-state index is 13.1. The van der Waals surface area contributed by atoms with Crippen LogP contribution in [0.1, 0.15) is 43.0 Å². The van der Waals surface area contributed by atoms with Crippen molar-refractivity contribution in [3.63, 3.8) is 0 Å². The number of rotatable bonds is 5. The van der Waals surface area contributed by atoms with Crippen LogP contribution in [0.2, 0.25) is 0 Å². The van der Waals surface area contributed by atoms with Crippen LogP contribution in [-0.2, 0) is 25.1 Å². The maximum absolute atomic E-state index is 13.1. The first-order chi connectivity index (χ1) is 15.0. The number of H-pyrrole nitrogens is 1. The average Bonchev–Trinajstić information content (AvgIpc) is 3.13. The van der Waals surface area contributed by atoms with Crippen molar-refractivity contribution in [1.29, 1.82) is 0 Å². The zero-order chi connectivity index (χ0) is 21.5. The Balaban J connectivity index is 1.51. The molecule has 6 nitrogen and oxygen atoms in total. The second-order valence-corrected chi connectivity index (χ2v) is 10.4. The zero-order valence-corrected chi connectivity index (χ0v) is 19.2. The Bertz CT molecular complexity index is 1400. The topological polar surface area (TPSA) is 80.6 Å². The van der Waals surface area contributed by atoms with E-state index in [0.717, 1.165) is 29.5 Å². The predicted molar refractivity (Wildman–Crippen MR) is 127 cm³/mol. The first-order valence-electron chi connectivity index (χ1n) is 10.7. The molecule has 160 valence electrons. The molecule has 1 aliphatic rings. The summed E-state index contributed by atoms with van der Waals surface area (Å²) in [5.74, 6) is 1.39. The lowest BCUT2D eigenvalue weighted by Gasteiger charge is -2.14. The van der Waals surface area contributed by atoms with E-state index in [4.69, 9.17) is 9.97 Å². The SMILES string of the molecule is CC(C)Cn1c(SCc2nc3sc4c(c3c(=O)[nH]2)CCCC4)nc2ccccc2c1=O. The fourth-order valence-corrected chi connectivity index (χ4v) is 6.35. The second kappa shape index (κ2) is 8.24. The quantitative estimate of drug-likeness (QED) is 0.356. The van der Waals surface area contributed by atoms with Gasteiger partial charge in [0.1, 0.15) is 10.7 Å². The van der Waals surface area contributed by atoms with E-state index >= 15 is 0 Å². The number of aryl methyl sites for hydroxylation is 2. The Kier molecular flexibility index (Phi) is 5.44. The molecular weight excluding hydrogens is 428 g/mol. The largest absolute Gasteiger partial charge is 0.309 e. The molecule has 1 aliphatic carbocycles. The molecule has 1 N–H and O–H groups in total. The highest BCUT2D eigenvalue weighted by atomic mass is 32.2. The van der Waals surface area contributed by atoms with Crippen LogP contribution in [0.15, 0.2) is 39.0 Å². The number of para-hydroxylation sites is 1. The lowest BCUT2D eigenvalue weighted by molar-refractivity contribution is 0.475. The normalized spacial score (nSPS) is 13.9. The molecule has 4 aromatic rings. The molecule has 0 radical (unpaired) electrons. The summed E-state index contributed by atoms with van der Waals surface area (Å²) < 4.78 is 1.75. The number of nitrogens with zero attached hydrogens (tertiary/aromatic N) is 3. The Hall–Kier alpha value is -2.45. The molecule has 8 heteroatoms. The van der Waals surface area contributed by atoms with Gasteiger partial charge < -0.3 is 4.98 Å². The summed E-state index contributed by atoms with van der Waals surface area (Å²) in [4.78, 5) is 40.5. The molecule has 0 saturated carbocycles. The lowest BCUT2D eigenvalue weighted by Crippen LogP contribution is -2.25. The van der Waals surface area contributed by atoms with Gasteiger partial charge in [0.25, 0.3) is 11.1 Å². The highest BCUT2D eigenvalue weighted by molar-refractivity contribution is 7.98. The number of fused-ring (bicyclic) bond motifs is 4. The molecule has 0 bridgehead atoms. The highest BCUT2D eigenvalue weighted by Gasteiger charge is 2.20. The number of benzene rings is 1. The van der Waals surface area contributed by atoms with Crippen molar-refractivity contribution in [3.05, 3.63) is 61.2 Å². The minimum Gasteiger partial charge on any atom is -0.309 e. The van der Waals surface area contributed by atoms with Crippen LogP contribution in [-0.4, -0.2) is 19.5 Å². The van der Waals surface area contributed by atoms with E-state index in [1.807, 2.05) is 24.3 Å². The van der Waals surface area contributed by atoms with Crippen molar-refractivity contribution in [2.45, 2.75) is 57.0 Å². The molecule has 0 fully saturated rings. The molecule has 0 saturated heterocycles. The summed E-state index contributed by atoms with van der Waals surface area (Å²) >= 11 is 3.10. The molecule has 1 aromatic carbocycles. The molecule has 5 rings (SSSR count). The van der Waals surface area contributed by atoms with Crippen LogP contribution < -0.4 is 11.1 Å². The van der Waals surface area contributed by atoms with Gasteiger partial charge in [0, 0.05) is 11.4 Å². The summed E-state index contributed by atoms with van der Waals surface area (Å²) in [6.45, 7) is 4.77. The van der Waals surface area contributed by atoms with Gasteiger partial charge in [0.15, 0.2) is 5.16 Å². The van der Waals surface area contributed by atoms with Crippen molar-refractivity contribution in [3.8, 4) is 0 Å². The molecule has 0 unspecified atom stereocenters. The molecule has 3 aromatic heterocycles. The zero-order valence-electron chi connectivity index (χ0n) is 17.6. The summed E-state index contributed by atoms with van der Waals surface area (Å²) in [6.07, 6.45) is 4.33. The number of aromatic nitrogens is 4. The van der Waals surface area contributed by atoms with Crippen LogP contribution in [0, 0.1) is 5.92 Å². The molecule has 0 amide bonds. The van der Waals surface area contributed by atoms with Gasteiger partial charge in [0.05, 0.1) is 22.0 Å². The van der Waals surface area contributed by atoms with Gasteiger partial charge in [0.2, 0.25) is 0 Å². The van der Waals surface area contributed by atoms with E-state index in [-0.39, 0.29) is 11.1 Å². The van der Waals surface area contributed by atoms with E-state index in [1.54, 1.807) is 15.9 Å². The summed E-state index contributed by atoms with van der Waals surface area (Å²) in [5, 5.41) is 2.06. The minimum absolute atomic E-state index is 0.0235. The van der Waals surface area contributed by atoms with Crippen molar-refractivity contribution in [2.24, 2.45) is 5.92 Å². The van der Waals surface area contributed by atoms with Crippen LogP contribution in [0.4, 0.5) is 0 Å². The predicted octanol–water partition coefficient (Wildman–Crippen LogP) is 4.52. The number of hydrogen-bond donors (Lipinski definition) is 1. The van der Waals surface area contributed by atoms with Gasteiger partial charge in [-0.05, 0) is 49.3 Å².